The number of hydrogen-bond donors (Lipinski definition) is 1. The van der Waals surface area contributed by atoms with Gasteiger partial charge in [-0.2, -0.15) is 5.26 Å². The summed E-state index contributed by atoms with van der Waals surface area (Å²) in [4.78, 5) is 14.1. The summed E-state index contributed by atoms with van der Waals surface area (Å²) in [5.41, 5.74) is 1.27. The molecule has 1 N–H and O–H groups in total. The van der Waals surface area contributed by atoms with Crippen molar-refractivity contribution in [2.24, 2.45) is 0 Å². The molecule has 1 heterocycles. The second-order valence-corrected chi connectivity index (χ2v) is 4.96. The van der Waals surface area contributed by atoms with E-state index in [2.05, 4.69) is 22.4 Å². The van der Waals surface area contributed by atoms with E-state index < -0.39 is 4.92 Å². The minimum absolute atomic E-state index is 0.174. The summed E-state index contributed by atoms with van der Waals surface area (Å²) in [5, 5.41) is 23.0. The van der Waals surface area contributed by atoms with E-state index in [1.54, 1.807) is 0 Å². The van der Waals surface area contributed by atoms with E-state index in [0.29, 0.717) is 11.7 Å². The zero-order valence-electron chi connectivity index (χ0n) is 11.1. The highest BCUT2D eigenvalue weighted by Crippen LogP contribution is 2.42. The summed E-state index contributed by atoms with van der Waals surface area (Å²) in [5.74, 6) is 0.807. The van der Waals surface area contributed by atoms with Gasteiger partial charge in [0, 0.05) is 18.0 Å². The van der Waals surface area contributed by atoms with E-state index in [4.69, 9.17) is 5.26 Å². The number of aromatic nitrogens is 1. The Bertz CT molecular complexity index is 724. The molecule has 2 unspecified atom stereocenters. The van der Waals surface area contributed by atoms with Crippen LogP contribution >= 0.6 is 0 Å². The van der Waals surface area contributed by atoms with Crippen molar-refractivity contribution in [1.82, 2.24) is 4.98 Å². The van der Waals surface area contributed by atoms with Crippen molar-refractivity contribution >= 4 is 11.5 Å². The third kappa shape index (κ3) is 2.67. The molecule has 0 spiro atoms. The molecule has 1 aromatic heterocycles. The molecule has 0 bridgehead atoms. The topological polar surface area (TPSA) is 91.8 Å². The molecule has 1 aliphatic carbocycles. The normalized spacial score (nSPS) is 19.6. The maximum Gasteiger partial charge on any atom is 0.289 e. The van der Waals surface area contributed by atoms with Gasteiger partial charge in [-0.1, -0.05) is 30.3 Å². The van der Waals surface area contributed by atoms with E-state index in [-0.39, 0.29) is 17.3 Å². The van der Waals surface area contributed by atoms with E-state index in [9.17, 15) is 10.1 Å². The number of benzene rings is 1. The van der Waals surface area contributed by atoms with Crippen molar-refractivity contribution < 1.29 is 4.92 Å². The molecule has 104 valence electrons. The standard InChI is InChI=1S/C15H12N4O2/c16-8-11-6-12(19(20)21)9-17-15(11)18-14-7-13(14)10-4-2-1-3-5-10/h1-6,9,13-14H,7H2,(H,17,18). The number of nitrogens with one attached hydrogen (secondary N) is 1. The molecule has 21 heavy (non-hydrogen) atoms. The highest BCUT2D eigenvalue weighted by Gasteiger charge is 2.38. The van der Waals surface area contributed by atoms with E-state index in [1.165, 1.54) is 17.8 Å². The average Bonchev–Trinajstić information content (AvgIpc) is 3.27. The van der Waals surface area contributed by atoms with Crippen LogP contribution in [0.2, 0.25) is 0 Å². The molecule has 0 radical (unpaired) electrons. The first-order valence-electron chi connectivity index (χ1n) is 6.55. The number of pyridine rings is 1. The highest BCUT2D eigenvalue weighted by molar-refractivity contribution is 5.57. The van der Waals surface area contributed by atoms with E-state index >= 15 is 0 Å². The Balaban J connectivity index is 1.75. The molecule has 2 aromatic rings. The zero-order chi connectivity index (χ0) is 14.8. The van der Waals surface area contributed by atoms with Crippen LogP contribution < -0.4 is 5.32 Å². The predicted molar refractivity (Wildman–Crippen MR) is 76.8 cm³/mol. The van der Waals surface area contributed by atoms with Gasteiger partial charge in [-0.05, 0) is 12.0 Å². The zero-order valence-corrected chi connectivity index (χ0v) is 11.1. The van der Waals surface area contributed by atoms with Crippen molar-refractivity contribution in [3.63, 3.8) is 0 Å². The summed E-state index contributed by atoms with van der Waals surface area (Å²) in [6.45, 7) is 0. The van der Waals surface area contributed by atoms with Gasteiger partial charge in [0.25, 0.3) is 5.69 Å². The second-order valence-electron chi connectivity index (χ2n) is 4.96. The van der Waals surface area contributed by atoms with Crippen LogP contribution in [0.5, 0.6) is 0 Å². The van der Waals surface area contributed by atoms with Crippen molar-refractivity contribution in [3.8, 4) is 6.07 Å². The second kappa shape index (κ2) is 5.21. The Labute approximate surface area is 121 Å². The number of rotatable bonds is 4. The molecule has 1 aromatic carbocycles. The molecule has 1 fully saturated rings. The van der Waals surface area contributed by atoms with E-state index in [1.807, 2.05) is 24.3 Å². The maximum atomic E-state index is 10.7. The van der Waals surface area contributed by atoms with Crippen LogP contribution in [0.25, 0.3) is 0 Å². The molecule has 2 atom stereocenters. The first-order chi connectivity index (χ1) is 10.2. The van der Waals surface area contributed by atoms with Gasteiger partial charge >= 0.3 is 0 Å². The van der Waals surface area contributed by atoms with Gasteiger partial charge in [-0.25, -0.2) is 4.98 Å². The van der Waals surface area contributed by atoms with Gasteiger partial charge < -0.3 is 5.32 Å². The van der Waals surface area contributed by atoms with Gasteiger partial charge in [0.05, 0.1) is 4.92 Å². The number of hydrogen-bond acceptors (Lipinski definition) is 5. The quantitative estimate of drug-likeness (QED) is 0.686. The highest BCUT2D eigenvalue weighted by atomic mass is 16.6. The number of nitro groups is 1. The molecular formula is C15H12N4O2. The number of nitriles is 1. The lowest BCUT2D eigenvalue weighted by Crippen LogP contribution is -2.08. The lowest BCUT2D eigenvalue weighted by atomic mass is 10.1. The molecule has 0 amide bonds. The van der Waals surface area contributed by atoms with Gasteiger partial charge in [-0.3, -0.25) is 10.1 Å². The third-order valence-electron chi connectivity index (χ3n) is 3.54. The monoisotopic (exact) mass is 280 g/mol. The Morgan fingerprint density at radius 2 is 2.14 bits per heavy atom. The third-order valence-corrected chi connectivity index (χ3v) is 3.54. The first-order valence-corrected chi connectivity index (χ1v) is 6.55. The fraction of sp³-hybridized carbons (Fsp3) is 0.200. The molecule has 3 rings (SSSR count). The molecule has 6 heteroatoms. The van der Waals surface area contributed by atoms with Gasteiger partial charge in [0.15, 0.2) is 0 Å². The minimum Gasteiger partial charge on any atom is -0.366 e. The number of anilines is 1. The Hall–Kier alpha value is -2.94. The Morgan fingerprint density at radius 1 is 1.38 bits per heavy atom. The summed E-state index contributed by atoms with van der Waals surface area (Å²) in [6.07, 6.45) is 2.14. The Kier molecular flexibility index (Phi) is 3.24. The summed E-state index contributed by atoms with van der Waals surface area (Å²) in [6, 6.07) is 13.5. The van der Waals surface area contributed by atoms with Crippen LogP contribution in [0.3, 0.4) is 0 Å². The first kappa shape index (κ1) is 13.1. The average molecular weight is 280 g/mol. The van der Waals surface area contributed by atoms with Gasteiger partial charge in [0.1, 0.15) is 23.6 Å². The summed E-state index contributed by atoms with van der Waals surface area (Å²) >= 11 is 0. The Morgan fingerprint density at radius 3 is 2.81 bits per heavy atom. The molecule has 1 saturated carbocycles. The van der Waals surface area contributed by atoms with Crippen molar-refractivity contribution in [3.05, 3.63) is 63.8 Å². The van der Waals surface area contributed by atoms with Crippen LogP contribution in [0.4, 0.5) is 11.5 Å². The predicted octanol–water partition coefficient (Wildman–Crippen LogP) is 2.83. The minimum atomic E-state index is -0.554. The van der Waals surface area contributed by atoms with Crippen LogP contribution in [-0.4, -0.2) is 15.9 Å². The lowest BCUT2D eigenvalue weighted by molar-refractivity contribution is -0.385. The molecule has 6 nitrogen and oxygen atoms in total. The summed E-state index contributed by atoms with van der Waals surface area (Å²) in [7, 11) is 0. The van der Waals surface area contributed by atoms with Crippen molar-refractivity contribution in [2.45, 2.75) is 18.4 Å². The van der Waals surface area contributed by atoms with Crippen LogP contribution in [0.15, 0.2) is 42.6 Å². The van der Waals surface area contributed by atoms with Gasteiger partial charge in [0.2, 0.25) is 0 Å². The molecule has 1 aliphatic rings. The van der Waals surface area contributed by atoms with Crippen LogP contribution in [0.1, 0.15) is 23.5 Å². The largest absolute Gasteiger partial charge is 0.366 e. The maximum absolute atomic E-state index is 10.7. The fourth-order valence-corrected chi connectivity index (χ4v) is 2.35. The SMILES string of the molecule is N#Cc1cc([N+](=O)[O-])cnc1NC1CC1c1ccccc1. The molecule has 0 saturated heterocycles. The van der Waals surface area contributed by atoms with E-state index in [0.717, 1.165) is 6.42 Å². The summed E-state index contributed by atoms with van der Waals surface area (Å²) < 4.78 is 0. The smallest absolute Gasteiger partial charge is 0.289 e. The molecular weight excluding hydrogens is 268 g/mol. The van der Waals surface area contributed by atoms with Crippen LogP contribution in [-0.2, 0) is 0 Å². The van der Waals surface area contributed by atoms with Crippen molar-refractivity contribution in [1.29, 1.82) is 5.26 Å². The molecule has 0 aliphatic heterocycles. The lowest BCUT2D eigenvalue weighted by Gasteiger charge is -2.06. The number of nitrogens with zero attached hydrogens (tertiary/aromatic N) is 3. The van der Waals surface area contributed by atoms with Crippen LogP contribution in [0, 0.1) is 21.4 Å². The fourth-order valence-electron chi connectivity index (χ4n) is 2.35. The van der Waals surface area contributed by atoms with Gasteiger partial charge in [-0.15, -0.1) is 0 Å². The van der Waals surface area contributed by atoms with Crippen molar-refractivity contribution in [2.75, 3.05) is 5.32 Å².